The van der Waals surface area contributed by atoms with Gasteiger partial charge in [-0.3, -0.25) is 9.88 Å². The fourth-order valence-electron chi connectivity index (χ4n) is 4.95. The highest BCUT2D eigenvalue weighted by atomic mass is 16.5. The minimum Gasteiger partial charge on any atom is -0.378 e. The summed E-state index contributed by atoms with van der Waals surface area (Å²) in [6.07, 6.45) is 12.2. The van der Waals surface area contributed by atoms with Crippen molar-refractivity contribution in [1.82, 2.24) is 20.1 Å². The number of nitrogens with one attached hydrogen (secondary N) is 1. The van der Waals surface area contributed by atoms with Gasteiger partial charge in [0.1, 0.15) is 0 Å². The van der Waals surface area contributed by atoms with Crippen LogP contribution < -0.4 is 5.32 Å². The first-order valence-corrected chi connectivity index (χ1v) is 10.5. The first-order chi connectivity index (χ1) is 13.3. The van der Waals surface area contributed by atoms with Crippen molar-refractivity contribution in [2.24, 2.45) is 0 Å². The molecule has 2 saturated heterocycles. The number of pyridine rings is 1. The van der Waals surface area contributed by atoms with Crippen LogP contribution >= 0.6 is 0 Å². The van der Waals surface area contributed by atoms with E-state index in [0.717, 1.165) is 45.3 Å². The van der Waals surface area contributed by atoms with Crippen LogP contribution in [-0.2, 0) is 4.74 Å². The van der Waals surface area contributed by atoms with E-state index in [9.17, 15) is 4.79 Å². The molecule has 3 heterocycles. The Balaban J connectivity index is 1.30. The number of carbonyl (C=O) groups excluding carboxylic acids is 1. The van der Waals surface area contributed by atoms with Crippen molar-refractivity contribution in [2.45, 2.75) is 69.2 Å². The summed E-state index contributed by atoms with van der Waals surface area (Å²) in [6.45, 7) is 2.66. The predicted molar refractivity (Wildman–Crippen MR) is 104 cm³/mol. The van der Waals surface area contributed by atoms with Crippen LogP contribution in [0, 0.1) is 0 Å². The van der Waals surface area contributed by atoms with Crippen LogP contribution in [0.15, 0.2) is 24.5 Å². The molecule has 0 radical (unpaired) electrons. The molecule has 2 amide bonds. The number of piperidine rings is 1. The van der Waals surface area contributed by atoms with Gasteiger partial charge < -0.3 is 15.0 Å². The Morgan fingerprint density at radius 1 is 1.19 bits per heavy atom. The van der Waals surface area contributed by atoms with Crippen molar-refractivity contribution < 1.29 is 9.53 Å². The summed E-state index contributed by atoms with van der Waals surface area (Å²) in [7, 11) is 1.80. The van der Waals surface area contributed by atoms with E-state index < -0.39 is 0 Å². The Kier molecular flexibility index (Phi) is 5.93. The van der Waals surface area contributed by atoms with E-state index in [1.807, 2.05) is 23.4 Å². The Morgan fingerprint density at radius 3 is 2.63 bits per heavy atom. The van der Waals surface area contributed by atoms with Crippen molar-refractivity contribution in [3.05, 3.63) is 30.1 Å². The van der Waals surface area contributed by atoms with Crippen LogP contribution in [0.1, 0.15) is 56.6 Å². The summed E-state index contributed by atoms with van der Waals surface area (Å²) in [5.41, 5.74) is 1.23. The van der Waals surface area contributed by atoms with Crippen LogP contribution in [0.5, 0.6) is 0 Å². The zero-order valence-corrected chi connectivity index (χ0v) is 16.3. The topological polar surface area (TPSA) is 57.7 Å². The molecule has 1 saturated carbocycles. The molecule has 6 heteroatoms. The standard InChI is InChI=1S/C21H32N4O2/c1-27-19-15-25(20(19)16-6-5-11-22-14-16)18-9-12-24(13-10-18)21(26)23-17-7-3-2-4-8-17/h5-6,11,14,17-20H,2-4,7-10,12-13,15H2,1H3,(H,23,26)/t19-,20-/m0/s1. The number of nitrogens with zero attached hydrogens (tertiary/aromatic N) is 3. The number of methoxy groups -OCH3 is 1. The molecule has 27 heavy (non-hydrogen) atoms. The van der Waals surface area contributed by atoms with Gasteiger partial charge in [-0.25, -0.2) is 4.79 Å². The van der Waals surface area contributed by atoms with Gasteiger partial charge in [0, 0.05) is 51.2 Å². The molecule has 0 bridgehead atoms. The molecule has 2 aliphatic heterocycles. The van der Waals surface area contributed by atoms with E-state index in [-0.39, 0.29) is 18.2 Å². The van der Waals surface area contributed by atoms with Gasteiger partial charge >= 0.3 is 6.03 Å². The second kappa shape index (κ2) is 8.57. The molecule has 0 aromatic carbocycles. The van der Waals surface area contributed by atoms with Crippen molar-refractivity contribution >= 4 is 6.03 Å². The number of ether oxygens (including phenoxy) is 1. The maximum absolute atomic E-state index is 12.6. The van der Waals surface area contributed by atoms with Gasteiger partial charge in [0.15, 0.2) is 0 Å². The lowest BCUT2D eigenvalue weighted by Gasteiger charge is -2.53. The Labute approximate surface area is 162 Å². The highest BCUT2D eigenvalue weighted by Gasteiger charge is 2.44. The van der Waals surface area contributed by atoms with Gasteiger partial charge in [0.2, 0.25) is 0 Å². The summed E-state index contributed by atoms with van der Waals surface area (Å²) in [4.78, 5) is 21.4. The first-order valence-electron chi connectivity index (χ1n) is 10.5. The monoisotopic (exact) mass is 372 g/mol. The maximum Gasteiger partial charge on any atom is 0.317 e. The van der Waals surface area contributed by atoms with Gasteiger partial charge in [-0.05, 0) is 37.3 Å². The lowest BCUT2D eigenvalue weighted by molar-refractivity contribution is -0.115. The fraction of sp³-hybridized carbons (Fsp3) is 0.714. The minimum absolute atomic E-state index is 0.141. The van der Waals surface area contributed by atoms with E-state index in [2.05, 4.69) is 21.3 Å². The minimum atomic E-state index is 0.141. The highest BCUT2D eigenvalue weighted by Crippen LogP contribution is 2.39. The van der Waals surface area contributed by atoms with Crippen LogP contribution in [0.3, 0.4) is 0 Å². The normalized spacial score (nSPS) is 28.0. The van der Waals surface area contributed by atoms with Crippen LogP contribution in [-0.4, -0.2) is 65.7 Å². The van der Waals surface area contributed by atoms with Crippen LogP contribution in [0.2, 0.25) is 0 Å². The summed E-state index contributed by atoms with van der Waals surface area (Å²) < 4.78 is 5.67. The number of hydrogen-bond donors (Lipinski definition) is 1. The second-order valence-electron chi connectivity index (χ2n) is 8.20. The van der Waals surface area contributed by atoms with E-state index in [1.165, 1.54) is 24.8 Å². The summed E-state index contributed by atoms with van der Waals surface area (Å²) in [5.74, 6) is 0. The number of urea groups is 1. The quantitative estimate of drug-likeness (QED) is 0.883. The molecule has 0 spiro atoms. The fourth-order valence-corrected chi connectivity index (χ4v) is 4.95. The molecule has 4 rings (SSSR count). The highest BCUT2D eigenvalue weighted by molar-refractivity contribution is 5.74. The number of likely N-dealkylation sites (tertiary alicyclic amines) is 2. The molecular formula is C21H32N4O2. The summed E-state index contributed by atoms with van der Waals surface area (Å²) in [6, 6.07) is 5.47. The predicted octanol–water partition coefficient (Wildman–Crippen LogP) is 2.96. The number of amides is 2. The lowest BCUT2D eigenvalue weighted by Crippen LogP contribution is -2.61. The third-order valence-corrected chi connectivity index (χ3v) is 6.58. The van der Waals surface area contributed by atoms with Gasteiger partial charge in [0.05, 0.1) is 12.1 Å². The largest absolute Gasteiger partial charge is 0.378 e. The third kappa shape index (κ3) is 4.11. The molecule has 148 valence electrons. The number of carbonyl (C=O) groups is 1. The zero-order chi connectivity index (χ0) is 18.6. The zero-order valence-electron chi connectivity index (χ0n) is 16.3. The van der Waals surface area contributed by atoms with Gasteiger partial charge in [-0.1, -0.05) is 25.3 Å². The summed E-state index contributed by atoms with van der Waals surface area (Å²) in [5, 5.41) is 3.26. The molecule has 1 aliphatic carbocycles. The number of hydrogen-bond acceptors (Lipinski definition) is 4. The van der Waals surface area contributed by atoms with Crippen molar-refractivity contribution in [3.8, 4) is 0 Å². The van der Waals surface area contributed by atoms with E-state index >= 15 is 0 Å². The van der Waals surface area contributed by atoms with E-state index in [1.54, 1.807) is 7.11 Å². The molecule has 1 N–H and O–H groups in total. The molecule has 3 fully saturated rings. The first kappa shape index (κ1) is 18.7. The maximum atomic E-state index is 12.6. The molecule has 2 atom stereocenters. The molecule has 1 aromatic rings. The Morgan fingerprint density at radius 2 is 1.96 bits per heavy atom. The smallest absolute Gasteiger partial charge is 0.317 e. The SMILES string of the molecule is CO[C@H]1CN(C2CCN(C(=O)NC3CCCCC3)CC2)[C@H]1c1cccnc1. The van der Waals surface area contributed by atoms with Crippen LogP contribution in [0.4, 0.5) is 4.79 Å². The second-order valence-corrected chi connectivity index (χ2v) is 8.20. The Bertz CT molecular complexity index is 612. The van der Waals surface area contributed by atoms with Gasteiger partial charge in [-0.2, -0.15) is 0 Å². The van der Waals surface area contributed by atoms with E-state index in [4.69, 9.17) is 4.74 Å². The Hall–Kier alpha value is -1.66. The molecular weight excluding hydrogens is 340 g/mol. The van der Waals surface area contributed by atoms with E-state index in [0.29, 0.717) is 12.1 Å². The van der Waals surface area contributed by atoms with Gasteiger partial charge in [-0.15, -0.1) is 0 Å². The molecule has 1 aromatic heterocycles. The van der Waals surface area contributed by atoms with Crippen molar-refractivity contribution in [1.29, 1.82) is 0 Å². The third-order valence-electron chi connectivity index (χ3n) is 6.58. The molecule has 3 aliphatic rings. The number of rotatable bonds is 4. The van der Waals surface area contributed by atoms with Crippen LogP contribution in [0.25, 0.3) is 0 Å². The van der Waals surface area contributed by atoms with Crippen molar-refractivity contribution in [3.63, 3.8) is 0 Å². The average molecular weight is 373 g/mol. The van der Waals surface area contributed by atoms with Crippen molar-refractivity contribution in [2.75, 3.05) is 26.7 Å². The average Bonchev–Trinajstić information content (AvgIpc) is 2.70. The van der Waals surface area contributed by atoms with Gasteiger partial charge in [0.25, 0.3) is 0 Å². The summed E-state index contributed by atoms with van der Waals surface area (Å²) >= 11 is 0. The lowest BCUT2D eigenvalue weighted by atomic mass is 9.87. The number of aromatic nitrogens is 1. The molecule has 0 unspecified atom stereocenters. The molecule has 6 nitrogen and oxygen atoms in total.